The molecule has 3 rings (SSSR count). The Balaban J connectivity index is 2.10. The van der Waals surface area contributed by atoms with Gasteiger partial charge in [0.1, 0.15) is 0 Å². The van der Waals surface area contributed by atoms with E-state index in [1.807, 2.05) is 18.2 Å². The predicted octanol–water partition coefficient (Wildman–Crippen LogP) is 2.72. The highest BCUT2D eigenvalue weighted by molar-refractivity contribution is 6.16. The number of benzodiazepines with no additional fused rings is 1. The highest BCUT2D eigenvalue weighted by Gasteiger charge is 2.23. The number of para-hydroxylation sites is 1. The van der Waals surface area contributed by atoms with Gasteiger partial charge in [-0.1, -0.05) is 48.5 Å². The first-order chi connectivity index (χ1) is 10.3. The van der Waals surface area contributed by atoms with Crippen LogP contribution in [0.4, 0.5) is 5.69 Å². The second kappa shape index (κ2) is 6.10. The van der Waals surface area contributed by atoms with E-state index in [4.69, 9.17) is 4.99 Å². The number of nitrogens with zero attached hydrogens (tertiary/aromatic N) is 2. The van der Waals surface area contributed by atoms with Crippen molar-refractivity contribution in [3.8, 4) is 0 Å². The molecule has 0 saturated heterocycles. The predicted molar refractivity (Wildman–Crippen MR) is 87.3 cm³/mol. The van der Waals surface area contributed by atoms with Crippen molar-refractivity contribution >= 4 is 11.4 Å². The molecule has 1 aliphatic rings. The highest BCUT2D eigenvalue weighted by atomic mass is 16.3. The maximum absolute atomic E-state index is 9.28. The Hall–Kier alpha value is -2.13. The molecule has 3 nitrogen and oxygen atoms in total. The minimum atomic E-state index is 0.188. The topological polar surface area (TPSA) is 35.8 Å². The van der Waals surface area contributed by atoms with Crippen LogP contribution in [0, 0.1) is 0 Å². The lowest BCUT2D eigenvalue weighted by atomic mass is 10.0. The Morgan fingerprint density at radius 1 is 1.10 bits per heavy atom. The number of fused-ring (bicyclic) bond motifs is 1. The van der Waals surface area contributed by atoms with Crippen molar-refractivity contribution in [3.05, 3.63) is 65.7 Å². The molecule has 1 N–H and O–H groups in total. The van der Waals surface area contributed by atoms with Crippen molar-refractivity contribution < 1.29 is 5.11 Å². The van der Waals surface area contributed by atoms with Crippen LogP contribution in [0.15, 0.2) is 59.6 Å². The first-order valence-corrected chi connectivity index (χ1v) is 7.34. The molecule has 0 aromatic heterocycles. The molecule has 0 radical (unpaired) electrons. The lowest BCUT2D eigenvalue weighted by molar-refractivity contribution is 0.275. The maximum atomic E-state index is 9.28. The molecule has 1 atom stereocenters. The van der Waals surface area contributed by atoms with Gasteiger partial charge in [0.15, 0.2) is 0 Å². The summed E-state index contributed by atoms with van der Waals surface area (Å²) in [5, 5.41) is 9.28. The van der Waals surface area contributed by atoms with E-state index in [1.165, 1.54) is 5.69 Å². The van der Waals surface area contributed by atoms with Gasteiger partial charge >= 0.3 is 0 Å². The van der Waals surface area contributed by atoms with Gasteiger partial charge in [-0.15, -0.1) is 0 Å². The molecule has 21 heavy (non-hydrogen) atoms. The Kier molecular flexibility index (Phi) is 4.02. The first-order valence-electron chi connectivity index (χ1n) is 7.34. The van der Waals surface area contributed by atoms with Gasteiger partial charge in [0.2, 0.25) is 0 Å². The molecule has 0 spiro atoms. The number of hydrogen-bond donors (Lipinski definition) is 1. The number of aliphatic hydroxyl groups excluding tert-OH is 1. The Morgan fingerprint density at radius 3 is 2.57 bits per heavy atom. The lowest BCUT2D eigenvalue weighted by Gasteiger charge is -2.28. The number of likely N-dealkylation sites (N-methyl/N-ethyl adjacent to an activating group) is 1. The van der Waals surface area contributed by atoms with Crippen LogP contribution in [0.1, 0.15) is 17.5 Å². The molecule has 0 fully saturated rings. The summed E-state index contributed by atoms with van der Waals surface area (Å²) in [4.78, 5) is 7.09. The second-order valence-corrected chi connectivity index (χ2v) is 5.35. The van der Waals surface area contributed by atoms with E-state index in [2.05, 4.69) is 48.3 Å². The molecule has 1 aliphatic heterocycles. The van der Waals surface area contributed by atoms with Crippen LogP contribution in [0.2, 0.25) is 0 Å². The number of aliphatic hydroxyl groups is 1. The van der Waals surface area contributed by atoms with Gasteiger partial charge in [-0.3, -0.25) is 4.99 Å². The highest BCUT2D eigenvalue weighted by Crippen LogP contribution is 2.28. The van der Waals surface area contributed by atoms with Crippen LogP contribution in [-0.2, 0) is 0 Å². The summed E-state index contributed by atoms with van der Waals surface area (Å²) < 4.78 is 0. The summed E-state index contributed by atoms with van der Waals surface area (Å²) in [7, 11) is 2.09. The van der Waals surface area contributed by atoms with Gasteiger partial charge in [0.25, 0.3) is 0 Å². The fraction of sp³-hybridized carbons (Fsp3) is 0.278. The standard InChI is InChI=1S/C18H20N2O/c1-20-15(11-12-21)13-19-18(14-7-3-2-4-8-14)16-9-5-6-10-17(16)20/h2-10,15,21H,11-13H2,1H3/t15-/m1/s1. The molecule has 0 bridgehead atoms. The summed E-state index contributed by atoms with van der Waals surface area (Å²) in [6, 6.07) is 18.9. The monoisotopic (exact) mass is 280 g/mol. The summed E-state index contributed by atoms with van der Waals surface area (Å²) >= 11 is 0. The van der Waals surface area contributed by atoms with Crippen LogP contribution in [0.5, 0.6) is 0 Å². The molecule has 0 saturated carbocycles. The fourth-order valence-electron chi connectivity index (χ4n) is 2.86. The van der Waals surface area contributed by atoms with Crippen LogP contribution in [0.3, 0.4) is 0 Å². The largest absolute Gasteiger partial charge is 0.396 e. The van der Waals surface area contributed by atoms with E-state index in [0.29, 0.717) is 6.54 Å². The lowest BCUT2D eigenvalue weighted by Crippen LogP contribution is -2.34. The molecular weight excluding hydrogens is 260 g/mol. The molecule has 2 aromatic rings. The Labute approximate surface area is 125 Å². The fourth-order valence-corrected chi connectivity index (χ4v) is 2.86. The van der Waals surface area contributed by atoms with E-state index >= 15 is 0 Å². The van der Waals surface area contributed by atoms with E-state index in [0.717, 1.165) is 23.3 Å². The van der Waals surface area contributed by atoms with E-state index in [1.54, 1.807) is 0 Å². The summed E-state index contributed by atoms with van der Waals surface area (Å²) in [6.45, 7) is 0.892. The summed E-state index contributed by atoms with van der Waals surface area (Å²) in [5.41, 5.74) is 4.52. The van der Waals surface area contributed by atoms with Crippen molar-refractivity contribution in [3.63, 3.8) is 0 Å². The Morgan fingerprint density at radius 2 is 1.81 bits per heavy atom. The zero-order valence-electron chi connectivity index (χ0n) is 12.2. The van der Waals surface area contributed by atoms with Crippen molar-refractivity contribution in [1.29, 1.82) is 0 Å². The number of hydrogen-bond acceptors (Lipinski definition) is 3. The van der Waals surface area contributed by atoms with Crippen LogP contribution < -0.4 is 4.90 Å². The van der Waals surface area contributed by atoms with Crippen LogP contribution >= 0.6 is 0 Å². The van der Waals surface area contributed by atoms with Crippen LogP contribution in [-0.4, -0.2) is 37.1 Å². The van der Waals surface area contributed by atoms with Gasteiger partial charge in [0.05, 0.1) is 18.3 Å². The van der Waals surface area contributed by atoms with Crippen molar-refractivity contribution in [1.82, 2.24) is 0 Å². The second-order valence-electron chi connectivity index (χ2n) is 5.35. The molecule has 0 aliphatic carbocycles. The molecule has 3 heteroatoms. The van der Waals surface area contributed by atoms with E-state index in [-0.39, 0.29) is 12.6 Å². The summed E-state index contributed by atoms with van der Waals surface area (Å²) in [5.74, 6) is 0. The zero-order valence-corrected chi connectivity index (χ0v) is 12.2. The smallest absolute Gasteiger partial charge is 0.0740 e. The minimum Gasteiger partial charge on any atom is -0.396 e. The normalized spacial score (nSPS) is 17.9. The number of benzene rings is 2. The van der Waals surface area contributed by atoms with Crippen LogP contribution in [0.25, 0.3) is 0 Å². The average molecular weight is 280 g/mol. The number of rotatable bonds is 3. The van der Waals surface area contributed by atoms with Crippen molar-refractivity contribution in [2.24, 2.45) is 4.99 Å². The number of aliphatic imine (C=N–C) groups is 1. The third-order valence-corrected chi connectivity index (χ3v) is 4.06. The average Bonchev–Trinajstić information content (AvgIpc) is 2.67. The molecular formula is C18H20N2O. The number of anilines is 1. The molecule has 0 amide bonds. The third-order valence-electron chi connectivity index (χ3n) is 4.06. The van der Waals surface area contributed by atoms with E-state index in [9.17, 15) is 5.11 Å². The minimum absolute atomic E-state index is 0.188. The molecule has 1 heterocycles. The van der Waals surface area contributed by atoms with Gasteiger partial charge in [0, 0.05) is 30.5 Å². The van der Waals surface area contributed by atoms with Crippen molar-refractivity contribution in [2.45, 2.75) is 12.5 Å². The first kappa shape index (κ1) is 13.8. The van der Waals surface area contributed by atoms with E-state index < -0.39 is 0 Å². The van der Waals surface area contributed by atoms with Crippen molar-refractivity contribution in [2.75, 3.05) is 25.1 Å². The molecule has 0 unspecified atom stereocenters. The maximum Gasteiger partial charge on any atom is 0.0740 e. The molecule has 2 aromatic carbocycles. The zero-order chi connectivity index (χ0) is 14.7. The molecule has 108 valence electrons. The van der Waals surface area contributed by atoms with Gasteiger partial charge in [-0.25, -0.2) is 0 Å². The summed E-state index contributed by atoms with van der Waals surface area (Å²) in [6.07, 6.45) is 0.733. The quantitative estimate of drug-likeness (QED) is 0.938. The van der Waals surface area contributed by atoms with Gasteiger partial charge in [-0.05, 0) is 12.5 Å². The third kappa shape index (κ3) is 2.69. The van der Waals surface area contributed by atoms with Gasteiger partial charge in [-0.2, -0.15) is 0 Å². The SMILES string of the molecule is CN1c2ccccc2C(c2ccccc2)=NC[C@H]1CCO. The Bertz CT molecular complexity index is 637. The van der Waals surface area contributed by atoms with Gasteiger partial charge < -0.3 is 10.0 Å².